The predicted octanol–water partition coefficient (Wildman–Crippen LogP) is 2.16. The fourth-order valence-corrected chi connectivity index (χ4v) is 2.23. The molecule has 0 aromatic heterocycles. The Hall–Kier alpha value is -3.35. The van der Waals surface area contributed by atoms with Gasteiger partial charge in [-0.2, -0.15) is 0 Å². The van der Waals surface area contributed by atoms with Crippen molar-refractivity contribution in [2.75, 3.05) is 6.61 Å². The number of amides is 2. The molecule has 1 atom stereocenters. The quantitative estimate of drug-likeness (QED) is 0.549. The first kappa shape index (κ1) is 20.0. The van der Waals surface area contributed by atoms with Crippen LogP contribution in [-0.2, 0) is 32.2 Å². The third kappa shape index (κ3) is 6.81. The number of nitrogens with one attached hydrogen (secondary N) is 2. The standard InChI is InChI=1S/C20H22N2O5/c1-2-26-19(24)17(18(23)21-13-15-9-5-3-6-10-15)22-20(25)27-14-16-11-7-4-8-12-16/h3-12,17H,2,13-14H2,1H3,(H,21,23)(H,22,25). The molecule has 0 spiro atoms. The van der Waals surface area contributed by atoms with Gasteiger partial charge >= 0.3 is 12.1 Å². The zero-order valence-electron chi connectivity index (χ0n) is 15.0. The fourth-order valence-electron chi connectivity index (χ4n) is 2.23. The average molecular weight is 370 g/mol. The van der Waals surface area contributed by atoms with Crippen LogP contribution in [0.1, 0.15) is 18.1 Å². The molecule has 0 aliphatic rings. The van der Waals surface area contributed by atoms with Gasteiger partial charge in [0.05, 0.1) is 6.61 Å². The third-order valence-electron chi connectivity index (χ3n) is 3.57. The molecule has 0 saturated carbocycles. The molecule has 0 aliphatic carbocycles. The summed E-state index contributed by atoms with van der Waals surface area (Å²) < 4.78 is 9.93. The van der Waals surface area contributed by atoms with Gasteiger partial charge in [-0.3, -0.25) is 10.1 Å². The lowest BCUT2D eigenvalue weighted by atomic mass is 10.2. The van der Waals surface area contributed by atoms with Crippen molar-refractivity contribution in [3.63, 3.8) is 0 Å². The van der Waals surface area contributed by atoms with E-state index in [2.05, 4.69) is 10.6 Å². The Bertz CT molecular complexity index is 749. The van der Waals surface area contributed by atoms with Crippen molar-refractivity contribution >= 4 is 18.0 Å². The molecule has 0 saturated heterocycles. The molecule has 0 aliphatic heterocycles. The monoisotopic (exact) mass is 370 g/mol. The second-order valence-corrected chi connectivity index (χ2v) is 5.59. The Labute approximate surface area is 157 Å². The van der Waals surface area contributed by atoms with E-state index in [1.807, 2.05) is 48.5 Å². The van der Waals surface area contributed by atoms with Gasteiger partial charge in [-0.15, -0.1) is 0 Å². The highest BCUT2D eigenvalue weighted by Gasteiger charge is 2.30. The predicted molar refractivity (Wildman–Crippen MR) is 98.5 cm³/mol. The number of esters is 1. The van der Waals surface area contributed by atoms with Gasteiger partial charge in [0.25, 0.3) is 5.91 Å². The highest BCUT2D eigenvalue weighted by molar-refractivity contribution is 6.04. The summed E-state index contributed by atoms with van der Waals surface area (Å²) in [6.07, 6.45) is -0.883. The number of alkyl carbamates (subject to hydrolysis) is 1. The molecule has 7 heteroatoms. The molecule has 2 N–H and O–H groups in total. The van der Waals surface area contributed by atoms with Crippen LogP contribution in [0.15, 0.2) is 60.7 Å². The Kier molecular flexibility index (Phi) is 7.84. The largest absolute Gasteiger partial charge is 0.464 e. The highest BCUT2D eigenvalue weighted by atomic mass is 16.6. The molecule has 2 aromatic carbocycles. The lowest BCUT2D eigenvalue weighted by Gasteiger charge is -2.17. The number of rotatable bonds is 8. The van der Waals surface area contributed by atoms with Crippen molar-refractivity contribution in [2.45, 2.75) is 26.1 Å². The maximum Gasteiger partial charge on any atom is 0.408 e. The van der Waals surface area contributed by atoms with Gasteiger partial charge in [-0.25, -0.2) is 9.59 Å². The number of hydrogen-bond donors (Lipinski definition) is 2. The number of benzene rings is 2. The molecular formula is C20H22N2O5. The summed E-state index contributed by atoms with van der Waals surface area (Å²) in [4.78, 5) is 36.4. The van der Waals surface area contributed by atoms with Gasteiger partial charge in [-0.05, 0) is 18.1 Å². The molecule has 2 amide bonds. The van der Waals surface area contributed by atoms with Gasteiger partial charge in [0.2, 0.25) is 6.04 Å². The van der Waals surface area contributed by atoms with Crippen LogP contribution in [0.5, 0.6) is 0 Å². The van der Waals surface area contributed by atoms with Crippen molar-refractivity contribution in [1.29, 1.82) is 0 Å². The molecule has 0 radical (unpaired) electrons. The van der Waals surface area contributed by atoms with Crippen molar-refractivity contribution in [3.8, 4) is 0 Å². The fraction of sp³-hybridized carbons (Fsp3) is 0.250. The van der Waals surface area contributed by atoms with Gasteiger partial charge in [0.15, 0.2) is 0 Å². The minimum Gasteiger partial charge on any atom is -0.464 e. The summed E-state index contributed by atoms with van der Waals surface area (Å²) in [6.45, 7) is 1.94. The maximum atomic E-state index is 12.4. The normalized spacial score (nSPS) is 11.1. The molecule has 1 unspecified atom stereocenters. The summed E-state index contributed by atoms with van der Waals surface area (Å²) in [6, 6.07) is 16.8. The Morgan fingerprint density at radius 1 is 0.889 bits per heavy atom. The van der Waals surface area contributed by atoms with E-state index in [1.54, 1.807) is 19.1 Å². The van der Waals surface area contributed by atoms with E-state index >= 15 is 0 Å². The Balaban J connectivity index is 1.92. The first-order valence-corrected chi connectivity index (χ1v) is 8.55. The van der Waals surface area contributed by atoms with E-state index < -0.39 is 24.0 Å². The van der Waals surface area contributed by atoms with E-state index in [0.717, 1.165) is 11.1 Å². The van der Waals surface area contributed by atoms with Crippen molar-refractivity contribution in [1.82, 2.24) is 10.6 Å². The molecule has 0 bridgehead atoms. The number of ether oxygens (including phenoxy) is 2. The second kappa shape index (κ2) is 10.6. The Morgan fingerprint density at radius 3 is 2.07 bits per heavy atom. The zero-order valence-corrected chi connectivity index (χ0v) is 15.0. The molecule has 7 nitrogen and oxygen atoms in total. The molecular weight excluding hydrogens is 348 g/mol. The Morgan fingerprint density at radius 2 is 1.48 bits per heavy atom. The van der Waals surface area contributed by atoms with Crippen molar-refractivity contribution < 1.29 is 23.9 Å². The van der Waals surface area contributed by atoms with E-state index in [4.69, 9.17) is 9.47 Å². The number of carbonyl (C=O) groups is 3. The summed E-state index contributed by atoms with van der Waals surface area (Å²) in [5.74, 6) is -1.52. The molecule has 2 aromatic rings. The summed E-state index contributed by atoms with van der Waals surface area (Å²) in [5.41, 5.74) is 1.65. The van der Waals surface area contributed by atoms with Gasteiger partial charge in [0.1, 0.15) is 6.61 Å². The second-order valence-electron chi connectivity index (χ2n) is 5.59. The molecule has 2 rings (SSSR count). The topological polar surface area (TPSA) is 93.7 Å². The number of hydrogen-bond acceptors (Lipinski definition) is 5. The lowest BCUT2D eigenvalue weighted by molar-refractivity contribution is -0.149. The average Bonchev–Trinajstić information content (AvgIpc) is 2.70. The first-order chi connectivity index (χ1) is 13.1. The minimum absolute atomic E-state index is 0.0217. The minimum atomic E-state index is -1.49. The highest BCUT2D eigenvalue weighted by Crippen LogP contribution is 2.02. The summed E-state index contributed by atoms with van der Waals surface area (Å²) >= 11 is 0. The van der Waals surface area contributed by atoms with Crippen LogP contribution in [0.4, 0.5) is 4.79 Å². The molecule has 142 valence electrons. The van der Waals surface area contributed by atoms with Gasteiger partial charge in [-0.1, -0.05) is 60.7 Å². The van der Waals surface area contributed by atoms with E-state index in [-0.39, 0.29) is 19.8 Å². The van der Waals surface area contributed by atoms with Crippen LogP contribution in [0.2, 0.25) is 0 Å². The van der Waals surface area contributed by atoms with Crippen LogP contribution in [-0.4, -0.2) is 30.6 Å². The third-order valence-corrected chi connectivity index (χ3v) is 3.57. The molecule has 27 heavy (non-hydrogen) atoms. The van der Waals surface area contributed by atoms with E-state index in [1.165, 1.54) is 0 Å². The molecule has 0 fully saturated rings. The maximum absolute atomic E-state index is 12.4. The summed E-state index contributed by atoms with van der Waals surface area (Å²) in [5, 5.41) is 4.87. The zero-order chi connectivity index (χ0) is 19.5. The summed E-state index contributed by atoms with van der Waals surface area (Å²) in [7, 11) is 0. The van der Waals surface area contributed by atoms with Gasteiger partial charge < -0.3 is 14.8 Å². The van der Waals surface area contributed by atoms with Crippen LogP contribution in [0.25, 0.3) is 0 Å². The molecule has 0 heterocycles. The van der Waals surface area contributed by atoms with Crippen LogP contribution >= 0.6 is 0 Å². The lowest BCUT2D eigenvalue weighted by Crippen LogP contribution is -2.52. The SMILES string of the molecule is CCOC(=O)C(NC(=O)OCc1ccccc1)C(=O)NCc1ccccc1. The van der Waals surface area contributed by atoms with E-state index in [0.29, 0.717) is 0 Å². The smallest absolute Gasteiger partial charge is 0.408 e. The first-order valence-electron chi connectivity index (χ1n) is 8.55. The van der Waals surface area contributed by atoms with E-state index in [9.17, 15) is 14.4 Å². The van der Waals surface area contributed by atoms with Crippen LogP contribution < -0.4 is 10.6 Å². The van der Waals surface area contributed by atoms with Crippen molar-refractivity contribution in [2.24, 2.45) is 0 Å². The van der Waals surface area contributed by atoms with Crippen molar-refractivity contribution in [3.05, 3.63) is 71.8 Å². The number of carbonyl (C=O) groups excluding carboxylic acids is 3. The van der Waals surface area contributed by atoms with Crippen LogP contribution in [0.3, 0.4) is 0 Å². The van der Waals surface area contributed by atoms with Crippen LogP contribution in [0, 0.1) is 0 Å². The van der Waals surface area contributed by atoms with Gasteiger partial charge in [0, 0.05) is 6.54 Å².